The molecule has 0 spiro atoms. The molecule has 0 aromatic rings. The summed E-state index contributed by atoms with van der Waals surface area (Å²) in [5.41, 5.74) is -4.56. The van der Waals surface area contributed by atoms with E-state index in [1.807, 2.05) is 0 Å². The largest absolute Gasteiger partial charge is 2.00 e. The summed E-state index contributed by atoms with van der Waals surface area (Å²) in [6.45, 7) is 19.7. The number of alkyl halides is 3. The summed E-state index contributed by atoms with van der Waals surface area (Å²) in [6.07, 6.45) is 0. The van der Waals surface area contributed by atoms with Gasteiger partial charge in [-0.2, -0.15) is 13.2 Å². The minimum atomic E-state index is -6.09. The van der Waals surface area contributed by atoms with Crippen molar-refractivity contribution >= 4 is 18.4 Å². The number of hydrogen-bond donors (Lipinski definition) is 0. The van der Waals surface area contributed by atoms with Gasteiger partial charge in [-0.25, -0.2) is 8.42 Å². The number of likely N-dealkylation sites (N-methyl/N-ethyl adjacent to an activating group) is 3. The van der Waals surface area contributed by atoms with E-state index in [0.717, 1.165) is 0 Å². The van der Waals surface area contributed by atoms with Gasteiger partial charge in [-0.15, -0.1) is 0 Å². The van der Waals surface area contributed by atoms with E-state index in [2.05, 4.69) is 77.4 Å². The molecular weight excluding hydrogens is 579 g/mol. The van der Waals surface area contributed by atoms with E-state index in [4.69, 9.17) is 13.0 Å². The summed E-state index contributed by atoms with van der Waals surface area (Å²) >= 11 is 0. The Morgan fingerprint density at radius 3 is 0.912 bits per heavy atom. The zero-order valence-electron chi connectivity index (χ0n) is 21.7. The fraction of sp³-hybridized carbons (Fsp3) is 1.00. The van der Waals surface area contributed by atoms with E-state index < -0.39 is 23.9 Å². The Hall–Kier alpha value is 0.365. The molecule has 0 aromatic carbocycles. The smallest absolute Gasteiger partial charge is 0.485 e. The third kappa shape index (κ3) is 17.7. The first-order chi connectivity index (χ1) is 13.8. The maximum atomic E-state index is 12.3. The molecule has 1 saturated heterocycles. The first-order valence-corrected chi connectivity index (χ1v) is 14.1. The second-order valence-corrected chi connectivity index (χ2v) is 15.7. The zero-order chi connectivity index (χ0) is 25.2. The Morgan fingerprint density at radius 1 is 0.706 bits per heavy atom. The van der Waals surface area contributed by atoms with Gasteiger partial charge in [0.05, 0.1) is 0 Å². The summed E-state index contributed by atoms with van der Waals surface area (Å²) in [7, 11) is -1.72. The molecule has 1 fully saturated rings. The van der Waals surface area contributed by atoms with Crippen LogP contribution in [0.3, 0.4) is 0 Å². The van der Waals surface area contributed by atoms with Gasteiger partial charge < -0.3 is 35.0 Å². The fourth-order valence-corrected chi connectivity index (χ4v) is 7.36. The van der Waals surface area contributed by atoms with Gasteiger partial charge >= 0.3 is 5.51 Å². The normalized spacial score (nSPS) is 17.0. The molecule has 0 amide bonds. The number of halogens is 3. The van der Waals surface area contributed by atoms with Crippen molar-refractivity contribution in [3.8, 4) is 0 Å². The van der Waals surface area contributed by atoms with Crippen molar-refractivity contribution in [1.82, 2.24) is 14.7 Å². The summed E-state index contributed by atoms with van der Waals surface area (Å²) in [6, 6.07) is 0. The van der Waals surface area contributed by atoms with Crippen LogP contribution < -0.4 is 4.80 Å². The molecule has 1 aliphatic heterocycles. The molecule has 0 N–H and O–H groups in total. The van der Waals surface area contributed by atoms with Crippen molar-refractivity contribution in [2.75, 3.05) is 60.4 Å². The van der Waals surface area contributed by atoms with Crippen LogP contribution in [0.25, 0.3) is 0 Å². The van der Waals surface area contributed by atoms with Gasteiger partial charge in [-0.3, -0.25) is 0 Å². The molecule has 34 heavy (non-hydrogen) atoms. The monoisotopic (exact) mass is 623 g/mol. The quantitative estimate of drug-likeness (QED) is 0.267. The topological polar surface area (TPSA) is 147 Å². The molecule has 0 saturated carbocycles. The predicted molar refractivity (Wildman–Crippen MR) is 121 cm³/mol. The van der Waals surface area contributed by atoms with E-state index in [0.29, 0.717) is 16.6 Å². The molecule has 0 aromatic heterocycles. The van der Waals surface area contributed by atoms with Crippen molar-refractivity contribution in [1.29, 1.82) is 0 Å². The number of rotatable bonds is 3. The van der Waals surface area contributed by atoms with Crippen LogP contribution in [0.15, 0.2) is 0 Å². The SMILES string of the molecule is CC(C)[Si]([O-])(C(C)C)C(C)C.CN1CCN(C)CCN(C)CC1.O=S(=O)([O-])C(F)(F)F.[Mo].[O-2].[O-2]. The summed E-state index contributed by atoms with van der Waals surface area (Å²) < 4.78 is 58.9. The molecule has 0 unspecified atom stereocenters. The first-order valence-electron chi connectivity index (χ1n) is 10.5. The van der Waals surface area contributed by atoms with E-state index in [1.165, 1.54) is 39.3 Å². The van der Waals surface area contributed by atoms with Crippen molar-refractivity contribution in [3.05, 3.63) is 0 Å². The van der Waals surface area contributed by atoms with E-state index >= 15 is 0 Å². The van der Waals surface area contributed by atoms with Gasteiger partial charge in [0.25, 0.3) is 0 Å². The third-order valence-corrected chi connectivity index (χ3v) is 11.6. The van der Waals surface area contributed by atoms with Crippen molar-refractivity contribution in [2.45, 2.75) is 63.7 Å². The van der Waals surface area contributed by atoms with Crippen LogP contribution in [0.1, 0.15) is 41.5 Å². The Morgan fingerprint density at radius 2 is 0.853 bits per heavy atom. The van der Waals surface area contributed by atoms with Crippen molar-refractivity contribution in [2.24, 2.45) is 0 Å². The molecule has 1 heterocycles. The second kappa shape index (κ2) is 19.5. The Balaban J connectivity index is -0.000000121. The van der Waals surface area contributed by atoms with Gasteiger partial charge in [0.15, 0.2) is 10.1 Å². The van der Waals surface area contributed by atoms with E-state index in [-0.39, 0.29) is 32.0 Å². The molecule has 9 nitrogen and oxygen atoms in total. The van der Waals surface area contributed by atoms with Gasteiger partial charge in [0.2, 0.25) is 0 Å². The molecule has 0 aliphatic carbocycles. The molecule has 0 bridgehead atoms. The first kappa shape index (κ1) is 44.4. The number of nitrogens with zero attached hydrogens (tertiary/aromatic N) is 3. The summed E-state index contributed by atoms with van der Waals surface area (Å²) in [5.74, 6) is 0. The van der Waals surface area contributed by atoms with Gasteiger partial charge in [0, 0.05) is 60.3 Å². The predicted octanol–water partition coefficient (Wildman–Crippen LogP) is 2.13. The fourth-order valence-electron chi connectivity index (χ4n) is 3.36. The molecule has 212 valence electrons. The van der Waals surface area contributed by atoms with Crippen LogP contribution in [0.2, 0.25) is 16.6 Å². The molecule has 0 radical (unpaired) electrons. The minimum absolute atomic E-state index is 0. The molecule has 1 rings (SSSR count). The van der Waals surface area contributed by atoms with Gasteiger partial charge in [-0.1, -0.05) is 58.2 Å². The Labute approximate surface area is 219 Å². The molecular formula is C19H42F3MoN3O6SSi-6. The molecule has 1 aliphatic rings. The Bertz CT molecular complexity index is 545. The van der Waals surface area contributed by atoms with Crippen LogP contribution in [-0.2, 0) is 42.1 Å². The number of hydrogen-bond acceptors (Lipinski definition) is 7. The van der Waals surface area contributed by atoms with Crippen LogP contribution in [0.4, 0.5) is 13.2 Å². The van der Waals surface area contributed by atoms with Crippen LogP contribution in [0, 0.1) is 0 Å². The Kier molecular flexibility index (Phi) is 25.4. The minimum Gasteiger partial charge on any atom is -2.00 e. The van der Waals surface area contributed by atoms with E-state index in [1.54, 1.807) is 0 Å². The van der Waals surface area contributed by atoms with Crippen LogP contribution >= 0.6 is 0 Å². The second-order valence-electron chi connectivity index (χ2n) is 9.13. The third-order valence-electron chi connectivity index (χ3n) is 5.58. The maximum Gasteiger partial charge on any atom is 0.485 e. The van der Waals surface area contributed by atoms with Crippen molar-refractivity contribution in [3.63, 3.8) is 0 Å². The maximum absolute atomic E-state index is 12.3. The standard InChI is InChI=1S/C9H21N3.C9H21OSi.CHF3O3S.Mo.2O/c1-10-4-6-11(2)8-9-12(3)7-5-10;1-7(2)11(10,8(3)4)9(5)6;2-1(3,4)8(5,6)7;;;/h4-9H2,1-3H3;7-9H,1-6H3;(H,5,6,7);;;/q;-1;;;2*-2/p-1. The summed E-state index contributed by atoms with van der Waals surface area (Å²) in [4.78, 5) is 19.5. The summed E-state index contributed by atoms with van der Waals surface area (Å²) in [5, 5.41) is 0. The zero-order valence-corrected chi connectivity index (χ0v) is 25.5. The van der Waals surface area contributed by atoms with Crippen LogP contribution in [-0.4, -0.2) is 102 Å². The van der Waals surface area contributed by atoms with Crippen LogP contribution in [0.5, 0.6) is 0 Å². The van der Waals surface area contributed by atoms with Gasteiger partial charge in [0.1, 0.15) is 0 Å². The van der Waals surface area contributed by atoms with Gasteiger partial charge in [-0.05, 0) is 29.5 Å². The van der Waals surface area contributed by atoms with Crippen molar-refractivity contribution < 1.29 is 63.0 Å². The van der Waals surface area contributed by atoms with E-state index in [9.17, 15) is 18.0 Å². The average molecular weight is 622 g/mol. The molecule has 0 atom stereocenters. The molecule has 15 heteroatoms. The average Bonchev–Trinajstić information content (AvgIpc) is 2.66.